The lowest BCUT2D eigenvalue weighted by atomic mass is 9.93. The fourth-order valence-corrected chi connectivity index (χ4v) is 2.01. The molecule has 0 unspecified atom stereocenters. The number of rotatable bonds is 3. The minimum atomic E-state index is 0.704. The Morgan fingerprint density at radius 3 is 3.00 bits per heavy atom. The summed E-state index contributed by atoms with van der Waals surface area (Å²) in [4.78, 5) is 4.53. The third kappa shape index (κ3) is 1.76. The molecule has 84 valence electrons. The molecule has 0 amide bonds. The van der Waals surface area contributed by atoms with E-state index < -0.39 is 0 Å². The summed E-state index contributed by atoms with van der Waals surface area (Å²) in [5.41, 5.74) is 8.53. The second kappa shape index (κ2) is 3.79. The summed E-state index contributed by atoms with van der Waals surface area (Å²) in [5, 5.41) is 3.50. The first-order valence-electron chi connectivity index (χ1n) is 5.78. The summed E-state index contributed by atoms with van der Waals surface area (Å²) >= 11 is 0. The van der Waals surface area contributed by atoms with Crippen molar-refractivity contribution in [2.24, 2.45) is 0 Å². The normalized spacial score (nSPS) is 16.5. The molecule has 4 nitrogen and oxygen atoms in total. The van der Waals surface area contributed by atoms with Crippen molar-refractivity contribution in [3.05, 3.63) is 30.2 Å². The number of aromatic nitrogens is 2. The molecule has 0 saturated heterocycles. The fourth-order valence-electron chi connectivity index (χ4n) is 2.01. The van der Waals surface area contributed by atoms with Gasteiger partial charge in [-0.15, -0.1) is 0 Å². The van der Waals surface area contributed by atoms with Crippen LogP contribution in [0.4, 0.5) is 5.69 Å². The van der Waals surface area contributed by atoms with E-state index in [9.17, 15) is 0 Å². The maximum Gasteiger partial charge on any atom is 0.137 e. The Morgan fingerprint density at radius 2 is 2.25 bits per heavy atom. The van der Waals surface area contributed by atoms with Crippen LogP contribution >= 0.6 is 0 Å². The van der Waals surface area contributed by atoms with Crippen molar-refractivity contribution in [2.45, 2.75) is 31.8 Å². The maximum absolute atomic E-state index is 5.72. The van der Waals surface area contributed by atoms with Crippen LogP contribution in [0.3, 0.4) is 0 Å². The molecule has 0 aromatic carbocycles. The second-order valence-electron chi connectivity index (χ2n) is 4.47. The van der Waals surface area contributed by atoms with E-state index in [4.69, 9.17) is 5.73 Å². The van der Waals surface area contributed by atoms with Crippen LogP contribution < -0.4 is 11.1 Å². The largest absolute Gasteiger partial charge is 0.398 e. The van der Waals surface area contributed by atoms with E-state index >= 15 is 0 Å². The number of hydrogen-bond acceptors (Lipinski definition) is 3. The highest BCUT2D eigenvalue weighted by Gasteiger charge is 2.16. The Morgan fingerprint density at radius 1 is 1.38 bits per heavy atom. The zero-order chi connectivity index (χ0) is 11.0. The molecule has 1 fully saturated rings. The standard InChI is InChI=1S/C12H16N4/c13-9-4-5-12-15-11(8-16(12)7-9)6-14-10-2-1-3-10/h4-5,7-8,10,14H,1-3,6,13H2. The molecular weight excluding hydrogens is 200 g/mol. The van der Waals surface area contributed by atoms with E-state index in [2.05, 4.69) is 10.3 Å². The number of hydrogen-bond donors (Lipinski definition) is 2. The highest BCUT2D eigenvalue weighted by atomic mass is 15.0. The number of nitrogens with two attached hydrogens (primary N) is 1. The lowest BCUT2D eigenvalue weighted by molar-refractivity contribution is 0.337. The Kier molecular flexibility index (Phi) is 2.29. The quantitative estimate of drug-likeness (QED) is 0.818. The Hall–Kier alpha value is -1.55. The molecule has 0 bridgehead atoms. The van der Waals surface area contributed by atoms with Crippen LogP contribution in [-0.4, -0.2) is 15.4 Å². The lowest BCUT2D eigenvalue weighted by Gasteiger charge is -2.26. The number of nitrogen functional groups attached to an aromatic ring is 1. The first-order valence-corrected chi connectivity index (χ1v) is 5.78. The Balaban J connectivity index is 1.76. The van der Waals surface area contributed by atoms with Gasteiger partial charge in [-0.3, -0.25) is 0 Å². The van der Waals surface area contributed by atoms with E-state index in [1.54, 1.807) is 0 Å². The molecule has 16 heavy (non-hydrogen) atoms. The van der Waals surface area contributed by atoms with Gasteiger partial charge in [-0.2, -0.15) is 0 Å². The van der Waals surface area contributed by atoms with Gasteiger partial charge < -0.3 is 15.5 Å². The van der Waals surface area contributed by atoms with Gasteiger partial charge in [0.15, 0.2) is 0 Å². The number of pyridine rings is 1. The molecule has 1 aliphatic carbocycles. The van der Waals surface area contributed by atoms with Crippen molar-refractivity contribution in [2.75, 3.05) is 5.73 Å². The van der Waals surface area contributed by atoms with E-state index in [1.807, 2.05) is 28.9 Å². The van der Waals surface area contributed by atoms with E-state index in [0.29, 0.717) is 6.04 Å². The molecule has 4 heteroatoms. The summed E-state index contributed by atoms with van der Waals surface area (Å²) in [7, 11) is 0. The molecule has 0 aliphatic heterocycles. The Labute approximate surface area is 94.5 Å². The van der Waals surface area contributed by atoms with Crippen molar-refractivity contribution in [1.82, 2.24) is 14.7 Å². The van der Waals surface area contributed by atoms with Gasteiger partial charge in [-0.25, -0.2) is 4.98 Å². The minimum Gasteiger partial charge on any atom is -0.398 e. The van der Waals surface area contributed by atoms with Crippen LogP contribution in [-0.2, 0) is 6.54 Å². The number of imidazole rings is 1. The van der Waals surface area contributed by atoms with Crippen molar-refractivity contribution in [3.63, 3.8) is 0 Å². The van der Waals surface area contributed by atoms with Crippen molar-refractivity contribution in [3.8, 4) is 0 Å². The Bertz CT molecular complexity index is 499. The third-order valence-corrected chi connectivity index (χ3v) is 3.20. The van der Waals surface area contributed by atoms with Crippen LogP contribution in [0.5, 0.6) is 0 Å². The second-order valence-corrected chi connectivity index (χ2v) is 4.47. The minimum absolute atomic E-state index is 0.704. The summed E-state index contributed by atoms with van der Waals surface area (Å²) in [5.74, 6) is 0. The van der Waals surface area contributed by atoms with Gasteiger partial charge in [-0.05, 0) is 25.0 Å². The van der Waals surface area contributed by atoms with Crippen LogP contribution in [0.15, 0.2) is 24.5 Å². The van der Waals surface area contributed by atoms with Gasteiger partial charge in [0.1, 0.15) is 5.65 Å². The summed E-state index contributed by atoms with van der Waals surface area (Å²) in [6.07, 6.45) is 7.91. The molecule has 2 aromatic rings. The van der Waals surface area contributed by atoms with Crippen LogP contribution in [0.1, 0.15) is 25.0 Å². The molecule has 3 rings (SSSR count). The smallest absolute Gasteiger partial charge is 0.137 e. The number of nitrogens with zero attached hydrogens (tertiary/aromatic N) is 2. The first-order chi connectivity index (χ1) is 7.81. The fraction of sp³-hybridized carbons (Fsp3) is 0.417. The van der Waals surface area contributed by atoms with Crippen molar-refractivity contribution < 1.29 is 0 Å². The molecule has 0 spiro atoms. The van der Waals surface area contributed by atoms with Gasteiger partial charge in [0.2, 0.25) is 0 Å². The number of anilines is 1. The van der Waals surface area contributed by atoms with E-state index in [-0.39, 0.29) is 0 Å². The van der Waals surface area contributed by atoms with Gasteiger partial charge in [-0.1, -0.05) is 6.42 Å². The monoisotopic (exact) mass is 216 g/mol. The molecule has 2 aromatic heterocycles. The highest BCUT2D eigenvalue weighted by Crippen LogP contribution is 2.18. The van der Waals surface area contributed by atoms with Crippen LogP contribution in [0.25, 0.3) is 5.65 Å². The average molecular weight is 216 g/mol. The lowest BCUT2D eigenvalue weighted by Crippen LogP contribution is -2.34. The molecular formula is C12H16N4. The van der Waals surface area contributed by atoms with Crippen molar-refractivity contribution >= 4 is 11.3 Å². The van der Waals surface area contributed by atoms with Crippen LogP contribution in [0.2, 0.25) is 0 Å². The van der Waals surface area contributed by atoms with Crippen LogP contribution in [0, 0.1) is 0 Å². The molecule has 3 N–H and O–H groups in total. The topological polar surface area (TPSA) is 55.3 Å². The first kappa shape index (κ1) is 9.66. The predicted molar refractivity (Wildman–Crippen MR) is 64.1 cm³/mol. The molecule has 2 heterocycles. The maximum atomic E-state index is 5.72. The van der Waals surface area contributed by atoms with Gasteiger partial charge in [0.25, 0.3) is 0 Å². The summed E-state index contributed by atoms with van der Waals surface area (Å²) in [6.45, 7) is 0.853. The predicted octanol–water partition coefficient (Wildman–Crippen LogP) is 1.56. The van der Waals surface area contributed by atoms with Gasteiger partial charge >= 0.3 is 0 Å². The highest BCUT2D eigenvalue weighted by molar-refractivity contribution is 5.48. The van der Waals surface area contributed by atoms with Gasteiger partial charge in [0, 0.05) is 30.7 Å². The molecule has 1 aliphatic rings. The number of nitrogens with one attached hydrogen (secondary N) is 1. The molecule has 0 radical (unpaired) electrons. The molecule has 1 saturated carbocycles. The zero-order valence-electron chi connectivity index (χ0n) is 9.19. The summed E-state index contributed by atoms with van der Waals surface area (Å²) < 4.78 is 1.98. The van der Waals surface area contributed by atoms with E-state index in [0.717, 1.165) is 23.6 Å². The van der Waals surface area contributed by atoms with Crippen molar-refractivity contribution in [1.29, 1.82) is 0 Å². The third-order valence-electron chi connectivity index (χ3n) is 3.20. The summed E-state index contributed by atoms with van der Waals surface area (Å²) in [6, 6.07) is 4.53. The van der Waals surface area contributed by atoms with E-state index in [1.165, 1.54) is 19.3 Å². The zero-order valence-corrected chi connectivity index (χ0v) is 9.19. The van der Waals surface area contributed by atoms with Gasteiger partial charge in [0.05, 0.1) is 5.69 Å². The number of fused-ring (bicyclic) bond motifs is 1. The average Bonchev–Trinajstić information content (AvgIpc) is 2.57. The molecule has 0 atom stereocenters. The SMILES string of the molecule is Nc1ccc2nc(CNC3CCC3)cn2c1.